The molecular weight excluding hydrogens is 725 g/mol. The Labute approximate surface area is 285 Å². The van der Waals surface area contributed by atoms with Crippen LogP contribution in [0.2, 0.25) is 0 Å². The highest BCUT2D eigenvalue weighted by molar-refractivity contribution is 14.1. The van der Waals surface area contributed by atoms with Crippen molar-refractivity contribution in [3.8, 4) is 17.2 Å². The number of aliphatic hydroxyl groups is 2. The van der Waals surface area contributed by atoms with E-state index in [-0.39, 0.29) is 48.9 Å². The van der Waals surface area contributed by atoms with Gasteiger partial charge in [-0.05, 0) is 52.9 Å². The van der Waals surface area contributed by atoms with Crippen LogP contribution in [0.3, 0.4) is 0 Å². The highest BCUT2D eigenvalue weighted by Gasteiger charge is 2.42. The molecule has 0 radical (unpaired) electrons. The van der Waals surface area contributed by atoms with Gasteiger partial charge in [0.15, 0.2) is 28.6 Å². The second-order valence-electron chi connectivity index (χ2n) is 11.1. The van der Waals surface area contributed by atoms with E-state index in [1.807, 2.05) is 28.7 Å². The van der Waals surface area contributed by atoms with E-state index in [0.29, 0.717) is 65.0 Å². The highest BCUT2D eigenvalue weighted by Crippen LogP contribution is 2.37. The van der Waals surface area contributed by atoms with E-state index in [9.17, 15) is 24.6 Å². The molecule has 3 unspecified atom stereocenters. The Morgan fingerprint density at radius 2 is 1.91 bits per heavy atom. The van der Waals surface area contributed by atoms with Gasteiger partial charge in [-0.15, -0.1) is 0 Å². The van der Waals surface area contributed by atoms with Crippen molar-refractivity contribution in [1.29, 1.82) is 0 Å². The number of hydrogen-bond donors (Lipinski definition) is 3. The van der Waals surface area contributed by atoms with Crippen LogP contribution in [-0.4, -0.2) is 123 Å². The molecule has 0 spiro atoms. The second kappa shape index (κ2) is 15.9. The number of benzene rings is 2. The van der Waals surface area contributed by atoms with Crippen molar-refractivity contribution >= 4 is 51.7 Å². The fourth-order valence-corrected chi connectivity index (χ4v) is 6.53. The first-order valence-corrected chi connectivity index (χ1v) is 16.3. The van der Waals surface area contributed by atoms with Gasteiger partial charge in [0.25, 0.3) is 5.91 Å². The van der Waals surface area contributed by atoms with Crippen LogP contribution < -0.4 is 19.5 Å². The molecule has 1 fully saturated rings. The molecule has 13 nitrogen and oxygen atoms in total. The lowest BCUT2D eigenvalue weighted by atomic mass is 9.88. The van der Waals surface area contributed by atoms with Gasteiger partial charge in [-0.1, -0.05) is 12.1 Å². The summed E-state index contributed by atoms with van der Waals surface area (Å²) < 4.78 is 29.3. The van der Waals surface area contributed by atoms with Gasteiger partial charge in [0, 0.05) is 55.7 Å². The minimum Gasteiger partial charge on any atom is -0.493 e. The van der Waals surface area contributed by atoms with Crippen molar-refractivity contribution in [2.45, 2.75) is 24.7 Å². The van der Waals surface area contributed by atoms with E-state index in [1.54, 1.807) is 24.3 Å². The topological polar surface area (TPSA) is 160 Å². The summed E-state index contributed by atoms with van der Waals surface area (Å²) in [5.74, 6) is 0.130. The number of furan rings is 1. The normalized spacial score (nSPS) is 19.9. The van der Waals surface area contributed by atoms with E-state index in [0.717, 1.165) is 0 Å². The van der Waals surface area contributed by atoms with Crippen LogP contribution in [0.15, 0.2) is 52.5 Å². The number of halogens is 1. The zero-order valence-electron chi connectivity index (χ0n) is 26.1. The Kier molecular flexibility index (Phi) is 11.7. The van der Waals surface area contributed by atoms with Gasteiger partial charge < -0.3 is 43.8 Å². The fraction of sp³-hybridized carbons (Fsp3) is 0.424. The van der Waals surface area contributed by atoms with E-state index in [2.05, 4.69) is 10.2 Å². The Morgan fingerprint density at radius 1 is 1.15 bits per heavy atom. The Bertz CT molecular complexity index is 1620. The molecule has 3 atom stereocenters. The van der Waals surface area contributed by atoms with Gasteiger partial charge in [0.2, 0.25) is 5.91 Å². The summed E-state index contributed by atoms with van der Waals surface area (Å²) >= 11 is 2.01. The molecule has 2 amide bonds. The average Bonchev–Trinajstić information content (AvgIpc) is 3.54. The van der Waals surface area contributed by atoms with E-state index >= 15 is 0 Å². The minimum absolute atomic E-state index is 0.00892. The molecule has 3 aromatic rings. The molecule has 1 aromatic heterocycles. The molecule has 5 rings (SSSR count). The summed E-state index contributed by atoms with van der Waals surface area (Å²) in [6.07, 6.45) is -0.164. The van der Waals surface area contributed by atoms with Crippen molar-refractivity contribution < 1.29 is 48.0 Å². The van der Waals surface area contributed by atoms with Gasteiger partial charge in [-0.25, -0.2) is 0 Å². The number of nitrogens with zero attached hydrogens (tertiary/aromatic N) is 2. The number of amides is 2. The Hall–Kier alpha value is -3.70. The maximum Gasteiger partial charge on any atom is 0.290 e. The van der Waals surface area contributed by atoms with E-state index in [4.69, 9.17) is 23.4 Å². The lowest BCUT2D eigenvalue weighted by molar-refractivity contribution is -0.118. The lowest BCUT2D eigenvalue weighted by Gasteiger charge is -2.41. The monoisotopic (exact) mass is 763 g/mol. The number of para-hydroxylation sites is 1. The van der Waals surface area contributed by atoms with Gasteiger partial charge in [-0.3, -0.25) is 19.3 Å². The van der Waals surface area contributed by atoms with Gasteiger partial charge >= 0.3 is 0 Å². The van der Waals surface area contributed by atoms with Gasteiger partial charge in [0.1, 0.15) is 18.5 Å². The number of aldehydes is 1. The first kappa shape index (κ1) is 34.6. The molecule has 14 heteroatoms. The Morgan fingerprint density at radius 3 is 2.62 bits per heavy atom. The molecule has 1 saturated heterocycles. The number of nitrogens with one attached hydrogen (secondary N) is 1. The number of fused-ring (bicyclic) bond motifs is 1. The van der Waals surface area contributed by atoms with Crippen LogP contribution in [0, 0.1) is 3.57 Å². The number of carbonyl (C=O) groups excluding carboxylic acids is 3. The number of hydrogen-bond acceptors (Lipinski definition) is 11. The molecule has 1 aliphatic carbocycles. The molecule has 1 aliphatic heterocycles. The van der Waals surface area contributed by atoms with Crippen molar-refractivity contribution in [3.63, 3.8) is 0 Å². The largest absolute Gasteiger partial charge is 0.493 e. The third-order valence-corrected chi connectivity index (χ3v) is 9.02. The van der Waals surface area contributed by atoms with Crippen LogP contribution in [0.25, 0.3) is 11.0 Å². The van der Waals surface area contributed by atoms with Crippen molar-refractivity contribution in [1.82, 2.24) is 15.1 Å². The van der Waals surface area contributed by atoms with Crippen molar-refractivity contribution in [3.05, 3.63) is 62.9 Å². The first-order valence-electron chi connectivity index (χ1n) is 15.2. The van der Waals surface area contributed by atoms with E-state index < -0.39 is 30.1 Å². The number of methoxy groups -OCH3 is 2. The number of carbonyl (C=O) groups is 3. The van der Waals surface area contributed by atoms with Crippen LogP contribution >= 0.6 is 22.6 Å². The molecule has 0 saturated carbocycles. The molecule has 252 valence electrons. The highest BCUT2D eigenvalue weighted by atomic mass is 127. The van der Waals surface area contributed by atoms with E-state index in [1.165, 1.54) is 31.3 Å². The maximum atomic E-state index is 14.4. The number of ether oxygens (including phenoxy) is 4. The quantitative estimate of drug-likeness (QED) is 0.173. The standard InChI is InChI=1S/C33H38IN3O10/c1-43-25-5-3-4-21-17-28(47-30(21)25)33(42)37(8-7-36-9-12-45-13-10-36)24-16-22(32(41)35-6-11-38)18-26(29(24)40)46-31-23(34)14-20(19-39)15-27(31)44-2/h3-5,14-15,17-19,24,26,29,38,40H,6-13,16H2,1-2H3,(H,35,41). The summed E-state index contributed by atoms with van der Waals surface area (Å²) in [4.78, 5) is 42.8. The third-order valence-electron chi connectivity index (χ3n) is 8.22. The molecule has 47 heavy (non-hydrogen) atoms. The van der Waals surface area contributed by atoms with Gasteiger partial charge in [0.05, 0.1) is 43.7 Å². The summed E-state index contributed by atoms with van der Waals surface area (Å²) in [5, 5.41) is 24.6. The van der Waals surface area contributed by atoms with Crippen LogP contribution in [-0.2, 0) is 9.53 Å². The molecule has 3 N–H and O–H groups in total. The zero-order valence-corrected chi connectivity index (χ0v) is 28.3. The summed E-state index contributed by atoms with van der Waals surface area (Å²) in [7, 11) is 2.95. The summed E-state index contributed by atoms with van der Waals surface area (Å²) in [6, 6.07) is 9.20. The molecular formula is C33H38IN3O10. The third kappa shape index (κ3) is 7.89. The molecule has 2 aromatic carbocycles. The number of aliphatic hydroxyl groups excluding tert-OH is 2. The molecule has 2 aliphatic rings. The number of morpholine rings is 1. The van der Waals surface area contributed by atoms with Gasteiger partial charge in [-0.2, -0.15) is 0 Å². The SMILES string of the molecule is COc1cc(C=O)cc(I)c1OC1C=C(C(=O)NCCO)CC(N(CCN2CCOCC2)C(=O)c2cc3cccc(OC)c3o2)C1O. The van der Waals surface area contributed by atoms with Crippen LogP contribution in [0.1, 0.15) is 27.3 Å². The molecule has 2 heterocycles. The minimum atomic E-state index is -1.29. The first-order chi connectivity index (χ1) is 22.8. The average molecular weight is 764 g/mol. The predicted molar refractivity (Wildman–Crippen MR) is 179 cm³/mol. The smallest absolute Gasteiger partial charge is 0.290 e. The fourth-order valence-electron chi connectivity index (χ4n) is 5.77. The van der Waals surface area contributed by atoms with Crippen molar-refractivity contribution in [2.75, 3.05) is 66.8 Å². The maximum absolute atomic E-state index is 14.4. The van der Waals surface area contributed by atoms with Crippen LogP contribution in [0.4, 0.5) is 0 Å². The summed E-state index contributed by atoms with van der Waals surface area (Å²) in [5.41, 5.74) is 1.07. The van der Waals surface area contributed by atoms with Crippen molar-refractivity contribution in [2.24, 2.45) is 0 Å². The summed E-state index contributed by atoms with van der Waals surface area (Å²) in [6.45, 7) is 2.97. The van der Waals surface area contributed by atoms with Crippen LogP contribution in [0.5, 0.6) is 17.2 Å². The molecule has 0 bridgehead atoms. The predicted octanol–water partition coefficient (Wildman–Crippen LogP) is 2.26. The lowest BCUT2D eigenvalue weighted by Crippen LogP contribution is -2.56. The Balaban J connectivity index is 1.53. The zero-order chi connectivity index (χ0) is 33.5. The second-order valence-corrected chi connectivity index (χ2v) is 12.3. The number of rotatable bonds is 13.